The summed E-state index contributed by atoms with van der Waals surface area (Å²) in [6, 6.07) is 2.79. The number of hydrogen-bond acceptors (Lipinski definition) is 2. The number of fused-ring (bicyclic) bond motifs is 1. The third-order valence-electron chi connectivity index (χ3n) is 3.49. The van der Waals surface area contributed by atoms with Gasteiger partial charge in [0.25, 0.3) is 0 Å². The second kappa shape index (κ2) is 5.79. The van der Waals surface area contributed by atoms with E-state index >= 15 is 0 Å². The minimum Gasteiger partial charge on any atom is -0.319 e. The van der Waals surface area contributed by atoms with E-state index in [2.05, 4.69) is 5.32 Å². The van der Waals surface area contributed by atoms with E-state index in [1.165, 1.54) is 12.1 Å². The average Bonchev–Trinajstić information content (AvgIpc) is 2.38. The van der Waals surface area contributed by atoms with Gasteiger partial charge in [-0.1, -0.05) is 18.5 Å². The Labute approximate surface area is 130 Å². The number of Topliss-reactive ketones (excluding diaryl/α,β-unsaturated/α-hetero) is 1. The lowest BCUT2D eigenvalue weighted by Crippen LogP contribution is -2.60. The maximum Gasteiger partial charge on any atom is 0.416 e. The van der Waals surface area contributed by atoms with Crippen molar-refractivity contribution in [1.29, 1.82) is 0 Å². The van der Waals surface area contributed by atoms with E-state index in [0.717, 1.165) is 6.07 Å². The van der Waals surface area contributed by atoms with Crippen molar-refractivity contribution in [3.63, 3.8) is 0 Å². The highest BCUT2D eigenvalue weighted by Crippen LogP contribution is 2.47. The van der Waals surface area contributed by atoms with Crippen LogP contribution in [0.4, 0.5) is 23.7 Å². The average molecular weight is 335 g/mol. The first-order valence-electron chi connectivity index (χ1n) is 6.67. The zero-order valence-electron chi connectivity index (χ0n) is 11.7. The largest absolute Gasteiger partial charge is 0.416 e. The highest BCUT2D eigenvalue weighted by Gasteiger charge is 2.60. The maximum absolute atomic E-state index is 13.7. The van der Waals surface area contributed by atoms with Gasteiger partial charge in [0.05, 0.1) is 0 Å². The molecule has 120 valence electrons. The molecule has 2 rings (SSSR count). The molecule has 1 atom stereocenters. The van der Waals surface area contributed by atoms with E-state index in [4.69, 9.17) is 11.6 Å². The molecule has 0 spiro atoms. The third kappa shape index (κ3) is 2.90. The fraction of sp³-hybridized carbons (Fsp3) is 0.429. The minimum absolute atomic E-state index is 0.00484. The Kier molecular flexibility index (Phi) is 4.37. The number of hydrogen-bond donors (Lipinski definition) is 2. The van der Waals surface area contributed by atoms with Gasteiger partial charge in [0.1, 0.15) is 5.78 Å². The molecule has 8 heteroatoms. The predicted octanol–water partition coefficient (Wildman–Crippen LogP) is 3.99. The standard InChI is InChI=1S/C14H14ClF3N2O2/c1-2-3-9(21)7-13(14(16,17)18)10-6-8(15)4-5-11(10)19-12(22)20-13/h4-6H,2-3,7H2,1H3,(H2,19,20,22). The molecule has 0 saturated heterocycles. The van der Waals surface area contributed by atoms with Crippen LogP contribution in [0.2, 0.25) is 5.02 Å². The lowest BCUT2D eigenvalue weighted by Gasteiger charge is -2.40. The SMILES string of the molecule is CCCC(=O)CC1(C(F)(F)F)NC(=O)Nc2ccc(Cl)cc21. The van der Waals surface area contributed by atoms with Gasteiger partial charge in [-0.3, -0.25) is 4.79 Å². The van der Waals surface area contributed by atoms with Gasteiger partial charge in [-0.25, -0.2) is 4.79 Å². The highest BCUT2D eigenvalue weighted by atomic mass is 35.5. The second-order valence-electron chi connectivity index (χ2n) is 5.14. The number of rotatable bonds is 4. The van der Waals surface area contributed by atoms with Crippen LogP contribution in [0.15, 0.2) is 18.2 Å². The molecule has 0 aromatic heterocycles. The van der Waals surface area contributed by atoms with E-state index in [1.54, 1.807) is 6.92 Å². The lowest BCUT2D eigenvalue weighted by molar-refractivity contribution is -0.200. The van der Waals surface area contributed by atoms with Gasteiger partial charge >= 0.3 is 12.2 Å². The molecule has 1 aliphatic rings. The number of carbonyl (C=O) groups is 2. The van der Waals surface area contributed by atoms with E-state index in [1.807, 2.05) is 5.32 Å². The number of anilines is 1. The van der Waals surface area contributed by atoms with Crippen LogP contribution in [0.1, 0.15) is 31.7 Å². The highest BCUT2D eigenvalue weighted by molar-refractivity contribution is 6.30. The fourth-order valence-electron chi connectivity index (χ4n) is 2.52. The first-order chi connectivity index (χ1) is 10.2. The van der Waals surface area contributed by atoms with Gasteiger partial charge < -0.3 is 10.6 Å². The van der Waals surface area contributed by atoms with Crippen molar-refractivity contribution >= 4 is 29.1 Å². The quantitative estimate of drug-likeness (QED) is 0.874. The molecule has 2 N–H and O–H groups in total. The molecule has 2 amide bonds. The van der Waals surface area contributed by atoms with Crippen LogP contribution in [-0.2, 0) is 10.3 Å². The summed E-state index contributed by atoms with van der Waals surface area (Å²) in [5, 5.41) is 4.28. The van der Waals surface area contributed by atoms with Crippen molar-refractivity contribution in [2.24, 2.45) is 0 Å². The summed E-state index contributed by atoms with van der Waals surface area (Å²) in [6.45, 7) is 1.70. The predicted molar refractivity (Wildman–Crippen MR) is 75.9 cm³/mol. The summed E-state index contributed by atoms with van der Waals surface area (Å²) in [5.74, 6) is -0.576. The van der Waals surface area contributed by atoms with E-state index in [-0.39, 0.29) is 22.7 Å². The normalized spacial score (nSPS) is 20.9. The maximum atomic E-state index is 13.7. The Hall–Kier alpha value is -1.76. The molecule has 1 aromatic carbocycles. The molecule has 1 aliphatic heterocycles. The summed E-state index contributed by atoms with van der Waals surface area (Å²) >= 11 is 5.80. The summed E-state index contributed by atoms with van der Waals surface area (Å²) < 4.78 is 41.2. The Bertz CT molecular complexity index is 619. The Morgan fingerprint density at radius 1 is 1.36 bits per heavy atom. The Balaban J connectivity index is 2.61. The topological polar surface area (TPSA) is 58.2 Å². The first-order valence-corrected chi connectivity index (χ1v) is 7.05. The van der Waals surface area contributed by atoms with Crippen molar-refractivity contribution in [2.75, 3.05) is 5.32 Å². The fourth-order valence-corrected chi connectivity index (χ4v) is 2.69. The van der Waals surface area contributed by atoms with Gasteiger partial charge in [0, 0.05) is 29.1 Å². The van der Waals surface area contributed by atoms with Crippen molar-refractivity contribution in [2.45, 2.75) is 37.9 Å². The molecule has 1 heterocycles. The van der Waals surface area contributed by atoms with E-state index < -0.39 is 30.0 Å². The zero-order valence-corrected chi connectivity index (χ0v) is 12.4. The van der Waals surface area contributed by atoms with Crippen molar-refractivity contribution in [3.8, 4) is 0 Å². The van der Waals surface area contributed by atoms with Gasteiger partial charge in [0.15, 0.2) is 5.54 Å². The van der Waals surface area contributed by atoms with Crippen LogP contribution in [0.5, 0.6) is 0 Å². The summed E-state index contributed by atoms with van der Waals surface area (Å²) in [4.78, 5) is 23.5. The summed E-state index contributed by atoms with van der Waals surface area (Å²) in [6.07, 6.45) is -5.25. The second-order valence-corrected chi connectivity index (χ2v) is 5.57. The molecule has 0 fully saturated rings. The molecule has 1 unspecified atom stereocenters. The number of alkyl halides is 3. The summed E-state index contributed by atoms with van der Waals surface area (Å²) in [5.41, 5.74) is -3.02. The Morgan fingerprint density at radius 3 is 2.64 bits per heavy atom. The number of urea groups is 1. The number of nitrogens with one attached hydrogen (secondary N) is 2. The zero-order chi connectivity index (χ0) is 16.5. The van der Waals surface area contributed by atoms with Crippen LogP contribution < -0.4 is 10.6 Å². The van der Waals surface area contributed by atoms with Crippen molar-refractivity contribution in [3.05, 3.63) is 28.8 Å². The number of benzene rings is 1. The molecule has 1 aromatic rings. The van der Waals surface area contributed by atoms with Crippen molar-refractivity contribution in [1.82, 2.24) is 5.32 Å². The number of carbonyl (C=O) groups excluding carboxylic acids is 2. The Morgan fingerprint density at radius 2 is 2.05 bits per heavy atom. The molecule has 0 radical (unpaired) electrons. The molecule has 22 heavy (non-hydrogen) atoms. The molecular formula is C14H14ClF3N2O2. The van der Waals surface area contributed by atoms with Gasteiger partial charge in [-0.2, -0.15) is 13.2 Å². The van der Waals surface area contributed by atoms with Crippen LogP contribution in [0.3, 0.4) is 0 Å². The third-order valence-corrected chi connectivity index (χ3v) is 3.73. The molecular weight excluding hydrogens is 321 g/mol. The first kappa shape index (κ1) is 16.6. The van der Waals surface area contributed by atoms with Gasteiger partial charge in [-0.15, -0.1) is 0 Å². The van der Waals surface area contributed by atoms with Gasteiger partial charge in [-0.05, 0) is 24.6 Å². The van der Waals surface area contributed by atoms with Crippen LogP contribution >= 0.6 is 11.6 Å². The minimum atomic E-state index is -4.84. The molecule has 4 nitrogen and oxygen atoms in total. The monoisotopic (exact) mass is 334 g/mol. The van der Waals surface area contributed by atoms with Crippen molar-refractivity contribution < 1.29 is 22.8 Å². The molecule has 0 aliphatic carbocycles. The van der Waals surface area contributed by atoms with Crippen LogP contribution in [-0.4, -0.2) is 18.0 Å². The molecule has 0 bridgehead atoms. The molecule has 0 saturated carbocycles. The number of halogens is 4. The summed E-state index contributed by atoms with van der Waals surface area (Å²) in [7, 11) is 0. The number of ketones is 1. The van der Waals surface area contributed by atoms with Crippen LogP contribution in [0.25, 0.3) is 0 Å². The van der Waals surface area contributed by atoms with Crippen LogP contribution in [0, 0.1) is 0 Å². The van der Waals surface area contributed by atoms with E-state index in [9.17, 15) is 22.8 Å². The van der Waals surface area contributed by atoms with Gasteiger partial charge in [0.2, 0.25) is 0 Å². The lowest BCUT2D eigenvalue weighted by atomic mass is 9.81. The number of amides is 2. The smallest absolute Gasteiger partial charge is 0.319 e. The van der Waals surface area contributed by atoms with E-state index in [0.29, 0.717) is 6.42 Å².